The Morgan fingerprint density at radius 3 is 2.71 bits per heavy atom. The lowest BCUT2D eigenvalue weighted by Gasteiger charge is -2.10. The Balaban J connectivity index is 1.69. The summed E-state index contributed by atoms with van der Waals surface area (Å²) in [7, 11) is 0. The highest BCUT2D eigenvalue weighted by Gasteiger charge is 2.12. The number of pyridine rings is 1. The number of halogens is 1. The van der Waals surface area contributed by atoms with Crippen LogP contribution in [-0.2, 0) is 29.0 Å². The Hall–Kier alpha value is -2.89. The standard InChI is InChI=1S/C22H24FNO4/c1-4-19-11-16-9-18(23)10-17(22(16)28-19)13-27-20-8-14(3)15(12-24-20)6-7-21(25)26-5-2/h8-12H,4-7,13H2,1-3H3. The number of rotatable bonds is 8. The number of furan rings is 1. The second kappa shape index (κ2) is 8.87. The largest absolute Gasteiger partial charge is 0.473 e. The number of hydrogen-bond acceptors (Lipinski definition) is 5. The number of benzene rings is 1. The van der Waals surface area contributed by atoms with Crippen molar-refractivity contribution in [2.24, 2.45) is 0 Å². The van der Waals surface area contributed by atoms with Crippen LogP contribution in [0.3, 0.4) is 0 Å². The van der Waals surface area contributed by atoms with E-state index in [0.29, 0.717) is 36.5 Å². The van der Waals surface area contributed by atoms with E-state index in [4.69, 9.17) is 13.9 Å². The van der Waals surface area contributed by atoms with Gasteiger partial charge in [0.2, 0.25) is 5.88 Å². The fraction of sp³-hybridized carbons (Fsp3) is 0.364. The number of carbonyl (C=O) groups is 1. The first-order valence-corrected chi connectivity index (χ1v) is 9.45. The van der Waals surface area contributed by atoms with Gasteiger partial charge in [-0.1, -0.05) is 6.92 Å². The topological polar surface area (TPSA) is 61.6 Å². The molecule has 0 fully saturated rings. The number of nitrogens with zero attached hydrogens (tertiary/aromatic N) is 1. The van der Waals surface area contributed by atoms with Crippen molar-refractivity contribution in [3.8, 4) is 5.88 Å². The summed E-state index contributed by atoms with van der Waals surface area (Å²) in [4.78, 5) is 15.8. The maximum atomic E-state index is 13.9. The Bertz CT molecular complexity index is 980. The average molecular weight is 385 g/mol. The van der Waals surface area contributed by atoms with E-state index in [2.05, 4.69) is 4.98 Å². The number of aromatic nitrogens is 1. The Labute approximate surface area is 163 Å². The van der Waals surface area contributed by atoms with Gasteiger partial charge in [0.25, 0.3) is 0 Å². The molecular weight excluding hydrogens is 361 g/mol. The minimum atomic E-state index is -0.326. The molecule has 3 rings (SSSR count). The number of carbonyl (C=O) groups excluding carboxylic acids is 1. The normalized spacial score (nSPS) is 11.0. The monoisotopic (exact) mass is 385 g/mol. The third-order valence-electron chi connectivity index (χ3n) is 4.53. The molecule has 0 spiro atoms. The highest BCUT2D eigenvalue weighted by atomic mass is 19.1. The lowest BCUT2D eigenvalue weighted by molar-refractivity contribution is -0.143. The third-order valence-corrected chi connectivity index (χ3v) is 4.53. The molecule has 0 atom stereocenters. The van der Waals surface area contributed by atoms with Gasteiger partial charge in [-0.05, 0) is 49.6 Å². The molecule has 0 unspecified atom stereocenters. The molecule has 0 aliphatic rings. The first kappa shape index (κ1) is 19.9. The number of esters is 1. The van der Waals surface area contributed by atoms with Crippen molar-refractivity contribution in [1.82, 2.24) is 4.98 Å². The zero-order valence-corrected chi connectivity index (χ0v) is 16.4. The quantitative estimate of drug-likeness (QED) is 0.516. The smallest absolute Gasteiger partial charge is 0.306 e. The molecule has 0 saturated carbocycles. The van der Waals surface area contributed by atoms with E-state index >= 15 is 0 Å². The van der Waals surface area contributed by atoms with Crippen molar-refractivity contribution < 1.29 is 23.1 Å². The van der Waals surface area contributed by atoms with E-state index in [-0.39, 0.29) is 18.4 Å². The molecule has 1 aromatic carbocycles. The second-order valence-corrected chi connectivity index (χ2v) is 6.59. The summed E-state index contributed by atoms with van der Waals surface area (Å²) >= 11 is 0. The van der Waals surface area contributed by atoms with Crippen LogP contribution in [0, 0.1) is 12.7 Å². The first-order valence-electron chi connectivity index (χ1n) is 9.45. The second-order valence-electron chi connectivity index (χ2n) is 6.59. The fourth-order valence-electron chi connectivity index (χ4n) is 3.04. The molecule has 148 valence electrons. The predicted molar refractivity (Wildman–Crippen MR) is 104 cm³/mol. The lowest BCUT2D eigenvalue weighted by Crippen LogP contribution is -2.06. The van der Waals surface area contributed by atoms with Crippen molar-refractivity contribution in [1.29, 1.82) is 0 Å². The molecule has 0 aliphatic heterocycles. The summed E-state index contributed by atoms with van der Waals surface area (Å²) in [5, 5.41) is 0.730. The molecule has 6 heteroatoms. The molecule has 3 aromatic rings. The molecule has 0 amide bonds. The molecular formula is C22H24FNO4. The lowest BCUT2D eigenvalue weighted by atomic mass is 10.1. The van der Waals surface area contributed by atoms with Crippen LogP contribution in [0.25, 0.3) is 11.0 Å². The molecule has 0 bridgehead atoms. The van der Waals surface area contributed by atoms with Gasteiger partial charge in [0, 0.05) is 36.1 Å². The van der Waals surface area contributed by atoms with Crippen LogP contribution >= 0.6 is 0 Å². The summed E-state index contributed by atoms with van der Waals surface area (Å²) in [6.07, 6.45) is 3.32. The SMILES string of the molecule is CCOC(=O)CCc1cnc(OCc2cc(F)cc3cc(CC)oc23)cc1C. The Morgan fingerprint density at radius 2 is 2.00 bits per heavy atom. The minimum absolute atomic E-state index is 0.152. The minimum Gasteiger partial charge on any atom is -0.473 e. The van der Waals surface area contributed by atoms with Crippen molar-refractivity contribution >= 4 is 16.9 Å². The predicted octanol–water partition coefficient (Wildman–Crippen LogP) is 4.91. The average Bonchev–Trinajstić information content (AvgIpc) is 3.08. The van der Waals surface area contributed by atoms with E-state index < -0.39 is 0 Å². The number of hydrogen-bond donors (Lipinski definition) is 0. The van der Waals surface area contributed by atoms with Crippen LogP contribution in [0.2, 0.25) is 0 Å². The summed E-state index contributed by atoms with van der Waals surface area (Å²) in [6, 6.07) is 6.55. The summed E-state index contributed by atoms with van der Waals surface area (Å²) in [6.45, 7) is 6.25. The molecule has 0 saturated heterocycles. The van der Waals surface area contributed by atoms with Crippen LogP contribution in [0.15, 0.2) is 34.9 Å². The van der Waals surface area contributed by atoms with E-state index in [1.807, 2.05) is 26.0 Å². The van der Waals surface area contributed by atoms with Crippen molar-refractivity contribution in [3.63, 3.8) is 0 Å². The van der Waals surface area contributed by atoms with Gasteiger partial charge in [-0.3, -0.25) is 4.79 Å². The van der Waals surface area contributed by atoms with Gasteiger partial charge in [-0.25, -0.2) is 9.37 Å². The summed E-state index contributed by atoms with van der Waals surface area (Å²) in [5.74, 6) is 0.703. The summed E-state index contributed by atoms with van der Waals surface area (Å²) < 4.78 is 30.4. The maximum absolute atomic E-state index is 13.9. The Kier molecular flexibility index (Phi) is 6.29. The van der Waals surface area contributed by atoms with Crippen LogP contribution in [0.1, 0.15) is 42.7 Å². The fourth-order valence-corrected chi connectivity index (χ4v) is 3.04. The zero-order chi connectivity index (χ0) is 20.1. The van der Waals surface area contributed by atoms with Crippen molar-refractivity contribution in [2.75, 3.05) is 6.61 Å². The highest BCUT2D eigenvalue weighted by Crippen LogP contribution is 2.26. The van der Waals surface area contributed by atoms with Crippen LogP contribution in [-0.4, -0.2) is 17.6 Å². The molecule has 0 aliphatic carbocycles. The number of ether oxygens (including phenoxy) is 2. The molecule has 28 heavy (non-hydrogen) atoms. The van der Waals surface area contributed by atoms with Gasteiger partial charge in [0.05, 0.1) is 6.61 Å². The van der Waals surface area contributed by atoms with Crippen LogP contribution in [0.5, 0.6) is 5.88 Å². The van der Waals surface area contributed by atoms with Gasteiger partial charge in [0.15, 0.2) is 0 Å². The highest BCUT2D eigenvalue weighted by molar-refractivity contribution is 5.81. The molecule has 2 heterocycles. The van der Waals surface area contributed by atoms with Gasteiger partial charge >= 0.3 is 5.97 Å². The van der Waals surface area contributed by atoms with Crippen molar-refractivity contribution in [2.45, 2.75) is 46.6 Å². The first-order chi connectivity index (χ1) is 13.5. The van der Waals surface area contributed by atoms with Gasteiger partial charge in [0.1, 0.15) is 23.8 Å². The third kappa shape index (κ3) is 4.68. The molecule has 0 radical (unpaired) electrons. The summed E-state index contributed by atoms with van der Waals surface area (Å²) in [5.41, 5.74) is 3.22. The van der Waals surface area contributed by atoms with E-state index in [0.717, 1.165) is 28.7 Å². The van der Waals surface area contributed by atoms with Gasteiger partial charge in [-0.15, -0.1) is 0 Å². The van der Waals surface area contributed by atoms with Gasteiger partial charge < -0.3 is 13.9 Å². The van der Waals surface area contributed by atoms with Crippen molar-refractivity contribution in [3.05, 3.63) is 58.7 Å². The number of fused-ring (bicyclic) bond motifs is 1. The van der Waals surface area contributed by atoms with E-state index in [9.17, 15) is 9.18 Å². The molecule has 0 N–H and O–H groups in total. The molecule has 5 nitrogen and oxygen atoms in total. The van der Waals surface area contributed by atoms with Crippen LogP contribution in [0.4, 0.5) is 4.39 Å². The maximum Gasteiger partial charge on any atom is 0.306 e. The Morgan fingerprint density at radius 1 is 1.18 bits per heavy atom. The van der Waals surface area contributed by atoms with E-state index in [1.165, 1.54) is 12.1 Å². The molecule has 2 aromatic heterocycles. The van der Waals surface area contributed by atoms with E-state index in [1.54, 1.807) is 13.1 Å². The zero-order valence-electron chi connectivity index (χ0n) is 16.4. The van der Waals surface area contributed by atoms with Gasteiger partial charge in [-0.2, -0.15) is 0 Å². The number of aryl methyl sites for hydroxylation is 3. The van der Waals surface area contributed by atoms with Crippen LogP contribution < -0.4 is 4.74 Å².